The van der Waals surface area contributed by atoms with Crippen LogP contribution in [0.4, 0.5) is 17.1 Å². The summed E-state index contributed by atoms with van der Waals surface area (Å²) in [6.45, 7) is 0. The standard InChI is InChI=1S/C58H38N2O/c1-2-14-43-38-47(36-31-39(43)13-1)59(45-34-32-42(33-35-45)49-21-12-22-53-52-20-6-10-26-57(52)61-58(49)53)46-16-11-15-44(37-46)40-27-29-41(30-28-40)48-17-3-7-23-54(48)60-55-24-8-4-18-50(55)51-19-5-9-25-56(51)60/h1-38H. The molecule has 0 saturated carbocycles. The first-order valence-electron chi connectivity index (χ1n) is 20.8. The molecule has 0 spiro atoms. The fraction of sp³-hybridized carbons (Fsp3) is 0. The van der Waals surface area contributed by atoms with E-state index in [0.29, 0.717) is 0 Å². The fourth-order valence-electron chi connectivity index (χ4n) is 9.29. The van der Waals surface area contributed by atoms with E-state index in [-0.39, 0.29) is 0 Å². The van der Waals surface area contributed by atoms with E-state index >= 15 is 0 Å². The molecule has 61 heavy (non-hydrogen) atoms. The van der Waals surface area contributed by atoms with E-state index in [4.69, 9.17) is 4.42 Å². The van der Waals surface area contributed by atoms with Gasteiger partial charge >= 0.3 is 0 Å². The Morgan fingerprint density at radius 2 is 0.885 bits per heavy atom. The van der Waals surface area contributed by atoms with E-state index in [1.54, 1.807) is 0 Å². The predicted molar refractivity (Wildman–Crippen MR) is 257 cm³/mol. The van der Waals surface area contributed by atoms with Gasteiger partial charge in [-0.3, -0.25) is 0 Å². The number of nitrogens with zero attached hydrogens (tertiary/aromatic N) is 2. The third kappa shape index (κ3) is 5.90. The van der Waals surface area contributed by atoms with Gasteiger partial charge in [0.1, 0.15) is 11.2 Å². The number of hydrogen-bond donors (Lipinski definition) is 0. The molecule has 12 aromatic rings. The van der Waals surface area contributed by atoms with Crippen molar-refractivity contribution in [3.63, 3.8) is 0 Å². The van der Waals surface area contributed by atoms with Gasteiger partial charge in [-0.2, -0.15) is 0 Å². The summed E-state index contributed by atoms with van der Waals surface area (Å²) in [5.41, 5.74) is 15.5. The van der Waals surface area contributed by atoms with Crippen LogP contribution in [0.15, 0.2) is 235 Å². The highest BCUT2D eigenvalue weighted by molar-refractivity contribution is 6.11. The Morgan fingerprint density at radius 1 is 0.328 bits per heavy atom. The Hall–Kier alpha value is -8.14. The predicted octanol–water partition coefficient (Wildman–Crippen LogP) is 16.3. The summed E-state index contributed by atoms with van der Waals surface area (Å²) in [6.07, 6.45) is 0. The number of fused-ring (bicyclic) bond motifs is 7. The molecule has 0 unspecified atom stereocenters. The van der Waals surface area contributed by atoms with E-state index < -0.39 is 0 Å². The van der Waals surface area contributed by atoms with Crippen molar-refractivity contribution in [2.75, 3.05) is 4.90 Å². The Morgan fingerprint density at radius 3 is 1.69 bits per heavy atom. The van der Waals surface area contributed by atoms with Crippen molar-refractivity contribution in [1.29, 1.82) is 0 Å². The van der Waals surface area contributed by atoms with E-state index in [0.717, 1.165) is 61.3 Å². The average Bonchev–Trinajstić information content (AvgIpc) is 3.88. The van der Waals surface area contributed by atoms with Crippen LogP contribution in [0.5, 0.6) is 0 Å². The molecule has 0 aliphatic carbocycles. The summed E-state index contributed by atoms with van der Waals surface area (Å²) in [4.78, 5) is 2.36. The Bertz CT molecular complexity index is 3540. The number of rotatable bonds is 7. The summed E-state index contributed by atoms with van der Waals surface area (Å²) in [6, 6.07) is 82.9. The molecule has 0 aliphatic rings. The van der Waals surface area contributed by atoms with E-state index in [9.17, 15) is 0 Å². The molecule has 12 rings (SSSR count). The quantitative estimate of drug-likeness (QED) is 0.161. The fourth-order valence-corrected chi connectivity index (χ4v) is 9.29. The molecule has 0 fully saturated rings. The molecule has 286 valence electrons. The molecule has 10 aromatic carbocycles. The minimum Gasteiger partial charge on any atom is -0.455 e. The monoisotopic (exact) mass is 778 g/mol. The lowest BCUT2D eigenvalue weighted by atomic mass is 9.98. The van der Waals surface area contributed by atoms with Crippen LogP contribution in [0.3, 0.4) is 0 Å². The van der Waals surface area contributed by atoms with Crippen LogP contribution in [0.1, 0.15) is 0 Å². The number of aromatic nitrogens is 1. The molecular formula is C58H38N2O. The molecule has 3 nitrogen and oxygen atoms in total. The molecule has 2 aromatic heterocycles. The molecule has 0 bridgehead atoms. The Balaban J connectivity index is 0.926. The first kappa shape index (κ1) is 34.9. The van der Waals surface area contributed by atoms with Gasteiger partial charge in [-0.25, -0.2) is 0 Å². The molecule has 2 heterocycles. The van der Waals surface area contributed by atoms with E-state index in [1.165, 1.54) is 49.4 Å². The van der Waals surface area contributed by atoms with Crippen LogP contribution in [0.25, 0.3) is 93.6 Å². The van der Waals surface area contributed by atoms with E-state index in [1.807, 2.05) is 12.1 Å². The van der Waals surface area contributed by atoms with Crippen LogP contribution in [-0.4, -0.2) is 4.57 Å². The van der Waals surface area contributed by atoms with Crippen LogP contribution in [0.2, 0.25) is 0 Å². The van der Waals surface area contributed by atoms with Crippen LogP contribution in [0, 0.1) is 0 Å². The number of furan rings is 1. The lowest BCUT2D eigenvalue weighted by Crippen LogP contribution is -2.10. The third-order valence-corrected chi connectivity index (χ3v) is 12.2. The van der Waals surface area contributed by atoms with Crippen molar-refractivity contribution in [2.45, 2.75) is 0 Å². The molecule has 3 heteroatoms. The summed E-state index contributed by atoms with van der Waals surface area (Å²) >= 11 is 0. The van der Waals surface area contributed by atoms with Gasteiger partial charge in [0.2, 0.25) is 0 Å². The highest BCUT2D eigenvalue weighted by atomic mass is 16.3. The Kier molecular flexibility index (Phi) is 8.17. The first-order chi connectivity index (χ1) is 30.2. The second kappa shape index (κ2) is 14.3. The van der Waals surface area contributed by atoms with Crippen LogP contribution in [-0.2, 0) is 0 Å². The van der Waals surface area contributed by atoms with Crippen molar-refractivity contribution in [3.8, 4) is 39.1 Å². The van der Waals surface area contributed by atoms with Gasteiger partial charge in [0.25, 0.3) is 0 Å². The zero-order valence-electron chi connectivity index (χ0n) is 33.2. The molecule has 0 atom stereocenters. The zero-order valence-corrected chi connectivity index (χ0v) is 33.2. The first-order valence-corrected chi connectivity index (χ1v) is 20.8. The van der Waals surface area contributed by atoms with Gasteiger partial charge in [-0.15, -0.1) is 0 Å². The highest BCUT2D eigenvalue weighted by Crippen LogP contribution is 2.42. The maximum atomic E-state index is 6.42. The summed E-state index contributed by atoms with van der Waals surface area (Å²) in [5, 5.41) is 7.21. The smallest absolute Gasteiger partial charge is 0.143 e. The van der Waals surface area contributed by atoms with Crippen molar-refractivity contribution >= 4 is 71.6 Å². The van der Waals surface area contributed by atoms with Crippen molar-refractivity contribution < 1.29 is 4.42 Å². The van der Waals surface area contributed by atoms with Crippen molar-refractivity contribution in [3.05, 3.63) is 231 Å². The normalized spacial score (nSPS) is 11.6. The molecular weight excluding hydrogens is 741 g/mol. The highest BCUT2D eigenvalue weighted by Gasteiger charge is 2.18. The number of hydrogen-bond acceptors (Lipinski definition) is 2. The SMILES string of the molecule is c1cc(-c2ccc(-c3ccccc3-n3c4ccccc4c4ccccc43)cc2)cc(N(c2ccc(-c3cccc4c3oc3ccccc34)cc2)c2ccc3ccccc3c2)c1. The van der Waals surface area contributed by atoms with E-state index in [2.05, 4.69) is 228 Å². The number of benzene rings is 10. The van der Waals surface area contributed by atoms with Gasteiger partial charge in [0, 0.05) is 49.7 Å². The Labute approximate surface area is 353 Å². The van der Waals surface area contributed by atoms with Gasteiger partial charge in [-0.1, -0.05) is 170 Å². The second-order valence-electron chi connectivity index (χ2n) is 15.7. The minimum atomic E-state index is 0.905. The number of para-hydroxylation sites is 5. The van der Waals surface area contributed by atoms with Gasteiger partial charge in [-0.05, 0) is 93.7 Å². The zero-order chi connectivity index (χ0) is 40.3. The molecule has 0 amide bonds. The van der Waals surface area contributed by atoms with Crippen LogP contribution >= 0.6 is 0 Å². The lowest BCUT2D eigenvalue weighted by molar-refractivity contribution is 0.670. The molecule has 0 aliphatic heterocycles. The van der Waals surface area contributed by atoms with Crippen molar-refractivity contribution in [2.24, 2.45) is 0 Å². The third-order valence-electron chi connectivity index (χ3n) is 12.2. The summed E-state index contributed by atoms with van der Waals surface area (Å²) < 4.78 is 8.83. The summed E-state index contributed by atoms with van der Waals surface area (Å²) in [5.74, 6) is 0. The molecule has 0 saturated heterocycles. The van der Waals surface area contributed by atoms with Gasteiger partial charge in [0.15, 0.2) is 0 Å². The largest absolute Gasteiger partial charge is 0.455 e. The van der Waals surface area contributed by atoms with Crippen molar-refractivity contribution in [1.82, 2.24) is 4.57 Å². The van der Waals surface area contributed by atoms with Gasteiger partial charge in [0.05, 0.1) is 16.7 Å². The maximum absolute atomic E-state index is 6.42. The minimum absolute atomic E-state index is 0.905. The lowest BCUT2D eigenvalue weighted by Gasteiger charge is -2.26. The second-order valence-corrected chi connectivity index (χ2v) is 15.7. The molecule has 0 N–H and O–H groups in total. The topological polar surface area (TPSA) is 21.3 Å². The average molecular weight is 779 g/mol. The summed E-state index contributed by atoms with van der Waals surface area (Å²) in [7, 11) is 0. The maximum Gasteiger partial charge on any atom is 0.143 e. The van der Waals surface area contributed by atoms with Crippen LogP contribution < -0.4 is 4.90 Å². The van der Waals surface area contributed by atoms with Gasteiger partial charge < -0.3 is 13.9 Å². The molecule has 0 radical (unpaired) electrons. The number of anilines is 3.